The van der Waals surface area contributed by atoms with Crippen molar-refractivity contribution in [2.75, 3.05) is 26.2 Å². The highest BCUT2D eigenvalue weighted by molar-refractivity contribution is 5.75. The van der Waals surface area contributed by atoms with Crippen LogP contribution in [0.25, 0.3) is 11.4 Å². The van der Waals surface area contributed by atoms with Crippen LogP contribution < -0.4 is 5.32 Å². The molecular weight excluding hydrogens is 411 g/mol. The van der Waals surface area contributed by atoms with Gasteiger partial charge < -0.3 is 14.6 Å². The number of halogens is 1. The first-order valence-corrected chi connectivity index (χ1v) is 10.9. The first kappa shape index (κ1) is 22.1. The standard InChI is InChI=1S/C24H27FN4O3/c25-20-11-9-19(10-12-20)24-27-23(32-28-24)8-4-7-22(30)26-15-21-17-29(13-14-31-21)16-18-5-2-1-3-6-18/h1-3,5-6,9-12,21H,4,7-8,13-17H2,(H,26,30). The summed E-state index contributed by atoms with van der Waals surface area (Å²) < 4.78 is 24.1. The third kappa shape index (κ3) is 6.45. The molecule has 1 saturated heterocycles. The van der Waals surface area contributed by atoms with Gasteiger partial charge in [-0.2, -0.15) is 4.98 Å². The molecule has 1 unspecified atom stereocenters. The third-order valence-corrected chi connectivity index (χ3v) is 5.36. The van der Waals surface area contributed by atoms with Gasteiger partial charge in [0, 0.05) is 44.6 Å². The Morgan fingerprint density at radius 1 is 1.16 bits per heavy atom. The van der Waals surface area contributed by atoms with Crippen LogP contribution in [0.1, 0.15) is 24.3 Å². The molecule has 1 aliphatic rings. The largest absolute Gasteiger partial charge is 0.374 e. The molecule has 0 radical (unpaired) electrons. The Morgan fingerprint density at radius 3 is 2.78 bits per heavy atom. The molecule has 0 saturated carbocycles. The van der Waals surface area contributed by atoms with Crippen molar-refractivity contribution in [1.82, 2.24) is 20.4 Å². The SMILES string of the molecule is O=C(CCCc1nc(-c2ccc(F)cc2)no1)NCC1CN(Cc2ccccc2)CCO1. The Kier molecular flexibility index (Phi) is 7.58. The second-order valence-corrected chi connectivity index (χ2v) is 7.89. The van der Waals surface area contributed by atoms with Crippen molar-refractivity contribution in [2.24, 2.45) is 0 Å². The number of nitrogens with one attached hydrogen (secondary N) is 1. The number of amides is 1. The number of benzene rings is 2. The van der Waals surface area contributed by atoms with E-state index in [1.54, 1.807) is 12.1 Å². The lowest BCUT2D eigenvalue weighted by Crippen LogP contribution is -2.47. The molecule has 1 N–H and O–H groups in total. The summed E-state index contributed by atoms with van der Waals surface area (Å²) >= 11 is 0. The van der Waals surface area contributed by atoms with Gasteiger partial charge in [-0.15, -0.1) is 0 Å². The number of morpholine rings is 1. The molecule has 0 bridgehead atoms. The fraction of sp³-hybridized carbons (Fsp3) is 0.375. The Balaban J connectivity index is 1.15. The number of aromatic nitrogens is 2. The van der Waals surface area contributed by atoms with Crippen molar-refractivity contribution in [3.8, 4) is 11.4 Å². The van der Waals surface area contributed by atoms with E-state index in [4.69, 9.17) is 9.26 Å². The van der Waals surface area contributed by atoms with Gasteiger partial charge in [-0.3, -0.25) is 9.69 Å². The van der Waals surface area contributed by atoms with Crippen LogP contribution >= 0.6 is 0 Å². The second kappa shape index (κ2) is 11.0. The number of carbonyl (C=O) groups excluding carboxylic acids is 1. The van der Waals surface area contributed by atoms with E-state index in [2.05, 4.69) is 32.5 Å². The topological polar surface area (TPSA) is 80.5 Å². The lowest BCUT2D eigenvalue weighted by atomic mass is 10.2. The number of nitrogens with zero attached hydrogens (tertiary/aromatic N) is 3. The first-order chi connectivity index (χ1) is 15.7. The van der Waals surface area contributed by atoms with Crippen LogP contribution in [-0.2, 0) is 22.5 Å². The van der Waals surface area contributed by atoms with Crippen LogP contribution in [0, 0.1) is 5.82 Å². The molecule has 2 aromatic carbocycles. The summed E-state index contributed by atoms with van der Waals surface area (Å²) in [6.45, 7) is 3.74. The van der Waals surface area contributed by atoms with Crippen LogP contribution in [0.2, 0.25) is 0 Å². The van der Waals surface area contributed by atoms with E-state index in [9.17, 15) is 9.18 Å². The molecule has 1 fully saturated rings. The van der Waals surface area contributed by atoms with E-state index >= 15 is 0 Å². The van der Waals surface area contributed by atoms with E-state index in [-0.39, 0.29) is 17.8 Å². The van der Waals surface area contributed by atoms with Gasteiger partial charge in [0.2, 0.25) is 17.6 Å². The molecule has 7 nitrogen and oxygen atoms in total. The van der Waals surface area contributed by atoms with Crippen LogP contribution in [0.3, 0.4) is 0 Å². The summed E-state index contributed by atoms with van der Waals surface area (Å²) in [7, 11) is 0. The van der Waals surface area contributed by atoms with Crippen LogP contribution in [0.5, 0.6) is 0 Å². The van der Waals surface area contributed by atoms with E-state index in [1.807, 2.05) is 18.2 Å². The monoisotopic (exact) mass is 438 g/mol. The lowest BCUT2D eigenvalue weighted by molar-refractivity contribution is -0.122. The Morgan fingerprint density at radius 2 is 1.97 bits per heavy atom. The molecule has 4 rings (SSSR count). The molecule has 3 aromatic rings. The average Bonchev–Trinajstić information content (AvgIpc) is 3.28. The van der Waals surface area contributed by atoms with Gasteiger partial charge in [-0.05, 0) is 36.2 Å². The summed E-state index contributed by atoms with van der Waals surface area (Å²) in [5, 5.41) is 6.88. The smallest absolute Gasteiger partial charge is 0.226 e. The molecule has 0 aliphatic carbocycles. The maximum Gasteiger partial charge on any atom is 0.226 e. The number of rotatable bonds is 9. The molecule has 32 heavy (non-hydrogen) atoms. The molecular formula is C24H27FN4O3. The highest BCUT2D eigenvalue weighted by Crippen LogP contribution is 2.17. The quantitative estimate of drug-likeness (QED) is 0.553. The zero-order chi connectivity index (χ0) is 22.2. The zero-order valence-electron chi connectivity index (χ0n) is 17.9. The van der Waals surface area contributed by atoms with Gasteiger partial charge in [0.15, 0.2) is 0 Å². The number of carbonyl (C=O) groups is 1. The number of hydrogen-bond donors (Lipinski definition) is 1. The summed E-state index contributed by atoms with van der Waals surface area (Å²) in [4.78, 5) is 18.9. The molecule has 1 atom stereocenters. The summed E-state index contributed by atoms with van der Waals surface area (Å²) in [5.74, 6) is 0.543. The molecule has 1 amide bonds. The Hall–Kier alpha value is -3.10. The number of ether oxygens (including phenoxy) is 1. The van der Waals surface area contributed by atoms with Gasteiger partial charge >= 0.3 is 0 Å². The minimum Gasteiger partial charge on any atom is -0.374 e. The van der Waals surface area contributed by atoms with Crippen LogP contribution in [0.15, 0.2) is 59.1 Å². The minimum absolute atomic E-state index is 0.00869. The molecule has 2 heterocycles. The number of hydrogen-bond acceptors (Lipinski definition) is 6. The predicted octanol–water partition coefficient (Wildman–Crippen LogP) is 3.22. The van der Waals surface area contributed by atoms with Gasteiger partial charge in [0.05, 0.1) is 12.7 Å². The van der Waals surface area contributed by atoms with Gasteiger partial charge in [0.1, 0.15) is 5.82 Å². The van der Waals surface area contributed by atoms with Gasteiger partial charge in [-0.25, -0.2) is 4.39 Å². The highest BCUT2D eigenvalue weighted by atomic mass is 19.1. The maximum atomic E-state index is 13.0. The van der Waals surface area contributed by atoms with Crippen molar-refractivity contribution < 1.29 is 18.4 Å². The minimum atomic E-state index is -0.314. The Bertz CT molecular complexity index is 994. The summed E-state index contributed by atoms with van der Waals surface area (Å²) in [5.41, 5.74) is 1.97. The van der Waals surface area contributed by atoms with Crippen molar-refractivity contribution in [1.29, 1.82) is 0 Å². The van der Waals surface area contributed by atoms with E-state index in [0.29, 0.717) is 49.7 Å². The third-order valence-electron chi connectivity index (χ3n) is 5.36. The Labute approximate surface area is 186 Å². The van der Waals surface area contributed by atoms with Gasteiger partial charge in [-0.1, -0.05) is 35.5 Å². The average molecular weight is 439 g/mol. The van der Waals surface area contributed by atoms with Crippen LogP contribution in [0.4, 0.5) is 4.39 Å². The summed E-state index contributed by atoms with van der Waals surface area (Å²) in [6.07, 6.45) is 1.47. The van der Waals surface area contributed by atoms with E-state index < -0.39 is 0 Å². The van der Waals surface area contributed by atoms with Crippen molar-refractivity contribution >= 4 is 5.91 Å². The van der Waals surface area contributed by atoms with Crippen molar-refractivity contribution in [3.05, 3.63) is 71.9 Å². The zero-order valence-corrected chi connectivity index (χ0v) is 17.9. The summed E-state index contributed by atoms with van der Waals surface area (Å²) in [6, 6.07) is 16.3. The molecule has 0 spiro atoms. The normalized spacial score (nSPS) is 16.7. The maximum absolute atomic E-state index is 13.0. The lowest BCUT2D eigenvalue weighted by Gasteiger charge is -2.33. The second-order valence-electron chi connectivity index (χ2n) is 7.89. The van der Waals surface area contributed by atoms with Crippen LogP contribution in [-0.4, -0.2) is 53.3 Å². The first-order valence-electron chi connectivity index (χ1n) is 10.9. The van der Waals surface area contributed by atoms with Crippen molar-refractivity contribution in [3.63, 3.8) is 0 Å². The molecule has 168 valence electrons. The molecule has 1 aromatic heterocycles. The fourth-order valence-electron chi connectivity index (χ4n) is 3.68. The van der Waals surface area contributed by atoms with Crippen molar-refractivity contribution in [2.45, 2.75) is 31.9 Å². The fourth-order valence-corrected chi connectivity index (χ4v) is 3.68. The van der Waals surface area contributed by atoms with E-state index in [0.717, 1.165) is 19.6 Å². The van der Waals surface area contributed by atoms with Gasteiger partial charge in [0.25, 0.3) is 0 Å². The van der Waals surface area contributed by atoms with E-state index in [1.165, 1.54) is 17.7 Å². The molecule has 8 heteroatoms. The number of aryl methyl sites for hydroxylation is 1. The highest BCUT2D eigenvalue weighted by Gasteiger charge is 2.21. The predicted molar refractivity (Wildman–Crippen MR) is 117 cm³/mol. The molecule has 1 aliphatic heterocycles.